The van der Waals surface area contributed by atoms with E-state index in [4.69, 9.17) is 0 Å². The molecule has 4 rings (SSSR count). The Morgan fingerprint density at radius 1 is 1.00 bits per heavy atom. The first kappa shape index (κ1) is 26.5. The van der Waals surface area contributed by atoms with E-state index in [1.807, 2.05) is 76.2 Å². The molecular weight excluding hydrogens is 480 g/mol. The number of aromatic nitrogens is 1. The number of hydrogen-bond donors (Lipinski definition) is 2. The fourth-order valence-corrected chi connectivity index (χ4v) is 3.93. The van der Waals surface area contributed by atoms with Gasteiger partial charge in [-0.05, 0) is 36.4 Å². The number of Topliss-reactive ketones (excluding diaryl/α,β-unsaturated/α-hetero) is 1. The monoisotopic (exact) mass is 512 g/mol. The third-order valence-electron chi connectivity index (χ3n) is 6.14. The molecule has 1 atom stereocenters. The number of ketones is 1. The van der Waals surface area contributed by atoms with Crippen LogP contribution in [0.25, 0.3) is 0 Å². The standard InChI is InChI=1S/C29H32N6O3/c1-29(2,3)24(36)18-35-23-15-7-6-13-21(23)25(22-14-8-9-16-30-22)32-26(27(35)37)33-28(38)31-19-11-10-12-20(17-19)34(4)5/h6-17,26H,18H2,1-5H3,(H2,31,33,38)/t26-/m1/s1. The minimum Gasteiger partial charge on any atom is -0.378 e. The van der Waals surface area contributed by atoms with Crippen LogP contribution in [0, 0.1) is 5.41 Å². The molecule has 0 spiro atoms. The summed E-state index contributed by atoms with van der Waals surface area (Å²) in [6, 6.07) is 19.4. The summed E-state index contributed by atoms with van der Waals surface area (Å²) >= 11 is 0. The minimum absolute atomic E-state index is 0.120. The zero-order valence-corrected chi connectivity index (χ0v) is 22.2. The lowest BCUT2D eigenvalue weighted by atomic mass is 9.90. The molecule has 9 nitrogen and oxygen atoms in total. The molecule has 0 fully saturated rings. The first-order valence-electron chi connectivity index (χ1n) is 12.3. The number of carbonyl (C=O) groups is 3. The molecular formula is C29H32N6O3. The summed E-state index contributed by atoms with van der Waals surface area (Å²) in [4.78, 5) is 52.5. The van der Waals surface area contributed by atoms with Crippen molar-refractivity contribution in [3.63, 3.8) is 0 Å². The molecule has 2 heterocycles. The van der Waals surface area contributed by atoms with Gasteiger partial charge in [0.25, 0.3) is 5.91 Å². The highest BCUT2D eigenvalue weighted by Crippen LogP contribution is 2.29. The van der Waals surface area contributed by atoms with E-state index in [1.54, 1.807) is 36.5 Å². The van der Waals surface area contributed by atoms with E-state index >= 15 is 0 Å². The van der Waals surface area contributed by atoms with Gasteiger partial charge in [0.05, 0.1) is 23.6 Å². The maximum atomic E-state index is 13.9. The summed E-state index contributed by atoms with van der Waals surface area (Å²) in [5.41, 5.74) is 2.97. The summed E-state index contributed by atoms with van der Waals surface area (Å²) < 4.78 is 0. The first-order chi connectivity index (χ1) is 18.0. The highest BCUT2D eigenvalue weighted by molar-refractivity contribution is 6.20. The van der Waals surface area contributed by atoms with E-state index in [2.05, 4.69) is 20.6 Å². The van der Waals surface area contributed by atoms with Gasteiger partial charge < -0.3 is 20.4 Å². The van der Waals surface area contributed by atoms with Crippen molar-refractivity contribution in [1.29, 1.82) is 0 Å². The van der Waals surface area contributed by atoms with Gasteiger partial charge in [-0.15, -0.1) is 0 Å². The molecule has 2 aromatic carbocycles. The average Bonchev–Trinajstić information content (AvgIpc) is 2.99. The molecule has 3 aromatic rings. The number of hydrogen-bond acceptors (Lipinski definition) is 6. The second kappa shape index (κ2) is 10.8. The van der Waals surface area contributed by atoms with Gasteiger partial charge in [0, 0.05) is 42.6 Å². The summed E-state index contributed by atoms with van der Waals surface area (Å²) in [5.74, 6) is -0.635. The Morgan fingerprint density at radius 2 is 1.74 bits per heavy atom. The van der Waals surface area contributed by atoms with Crippen LogP contribution in [0.15, 0.2) is 77.9 Å². The van der Waals surface area contributed by atoms with Gasteiger partial charge in [-0.25, -0.2) is 9.79 Å². The molecule has 9 heteroatoms. The SMILES string of the molecule is CN(C)c1cccc(NC(=O)N[C@H]2N=C(c3ccccn3)c3ccccc3N(CC(=O)C(C)(C)C)C2=O)c1. The van der Waals surface area contributed by atoms with Crippen molar-refractivity contribution in [2.24, 2.45) is 10.4 Å². The van der Waals surface area contributed by atoms with Crippen molar-refractivity contribution in [2.75, 3.05) is 35.8 Å². The second-order valence-electron chi connectivity index (χ2n) is 10.3. The molecule has 1 aliphatic heterocycles. The molecule has 196 valence electrons. The minimum atomic E-state index is -1.29. The van der Waals surface area contributed by atoms with Crippen LogP contribution in [0.5, 0.6) is 0 Å². The van der Waals surface area contributed by atoms with Crippen LogP contribution < -0.4 is 20.4 Å². The fourth-order valence-electron chi connectivity index (χ4n) is 3.93. The number of urea groups is 1. The van der Waals surface area contributed by atoms with E-state index < -0.39 is 23.5 Å². The number of nitrogens with zero attached hydrogens (tertiary/aromatic N) is 4. The van der Waals surface area contributed by atoms with Crippen molar-refractivity contribution in [3.05, 3.63) is 84.2 Å². The van der Waals surface area contributed by atoms with Gasteiger partial charge in [-0.2, -0.15) is 0 Å². The van der Waals surface area contributed by atoms with E-state index in [0.717, 1.165) is 5.69 Å². The number of nitrogens with one attached hydrogen (secondary N) is 2. The molecule has 1 aliphatic rings. The molecule has 0 aliphatic carbocycles. The van der Waals surface area contributed by atoms with E-state index in [9.17, 15) is 14.4 Å². The summed E-state index contributed by atoms with van der Waals surface area (Å²) in [6.45, 7) is 5.27. The van der Waals surface area contributed by atoms with Crippen LogP contribution in [-0.4, -0.2) is 55.2 Å². The first-order valence-corrected chi connectivity index (χ1v) is 12.3. The summed E-state index contributed by atoms with van der Waals surface area (Å²) in [5, 5.41) is 5.48. The molecule has 3 amide bonds. The Hall–Kier alpha value is -4.53. The van der Waals surface area contributed by atoms with Gasteiger partial charge in [0.15, 0.2) is 5.78 Å². The maximum Gasteiger partial charge on any atom is 0.321 e. The normalized spacial score (nSPS) is 15.2. The molecule has 0 radical (unpaired) electrons. The number of carbonyl (C=O) groups excluding carboxylic acids is 3. The van der Waals surface area contributed by atoms with Crippen molar-refractivity contribution >= 4 is 40.5 Å². The van der Waals surface area contributed by atoms with Crippen LogP contribution >= 0.6 is 0 Å². The number of benzene rings is 2. The lowest BCUT2D eigenvalue weighted by Crippen LogP contribution is -2.50. The van der Waals surface area contributed by atoms with Crippen LogP contribution in [0.3, 0.4) is 0 Å². The molecule has 1 aromatic heterocycles. The highest BCUT2D eigenvalue weighted by Gasteiger charge is 2.36. The van der Waals surface area contributed by atoms with Crippen LogP contribution in [0.1, 0.15) is 32.0 Å². The predicted octanol–water partition coefficient (Wildman–Crippen LogP) is 4.09. The zero-order chi connectivity index (χ0) is 27.4. The smallest absolute Gasteiger partial charge is 0.321 e. The number of para-hydroxylation sites is 1. The molecule has 38 heavy (non-hydrogen) atoms. The molecule has 0 saturated heterocycles. The number of fused-ring (bicyclic) bond motifs is 1. The Morgan fingerprint density at radius 3 is 2.42 bits per heavy atom. The fraction of sp³-hybridized carbons (Fsp3) is 0.276. The number of benzodiazepines with no additional fused rings is 1. The number of amides is 3. The Bertz CT molecular complexity index is 1380. The summed E-state index contributed by atoms with van der Waals surface area (Å²) in [6.07, 6.45) is 0.352. The van der Waals surface area contributed by atoms with Gasteiger partial charge in [-0.3, -0.25) is 14.6 Å². The molecule has 0 saturated carbocycles. The van der Waals surface area contributed by atoms with Gasteiger partial charge >= 0.3 is 6.03 Å². The van der Waals surface area contributed by atoms with E-state index in [0.29, 0.717) is 28.3 Å². The van der Waals surface area contributed by atoms with Gasteiger partial charge in [0.2, 0.25) is 6.17 Å². The number of aliphatic imine (C=N–C) groups is 1. The van der Waals surface area contributed by atoms with Gasteiger partial charge in [0.1, 0.15) is 0 Å². The largest absolute Gasteiger partial charge is 0.378 e. The summed E-state index contributed by atoms with van der Waals surface area (Å²) in [7, 11) is 3.81. The van der Waals surface area contributed by atoms with E-state index in [-0.39, 0.29) is 12.3 Å². The number of pyridine rings is 1. The topological polar surface area (TPSA) is 107 Å². The lowest BCUT2D eigenvalue weighted by Gasteiger charge is -2.28. The maximum absolute atomic E-state index is 13.9. The number of rotatable bonds is 6. The van der Waals surface area contributed by atoms with Crippen molar-refractivity contribution < 1.29 is 14.4 Å². The Balaban J connectivity index is 1.73. The van der Waals surface area contributed by atoms with Crippen molar-refractivity contribution in [3.8, 4) is 0 Å². The highest BCUT2D eigenvalue weighted by atomic mass is 16.2. The van der Waals surface area contributed by atoms with E-state index in [1.165, 1.54) is 4.90 Å². The zero-order valence-electron chi connectivity index (χ0n) is 22.2. The lowest BCUT2D eigenvalue weighted by molar-refractivity contribution is -0.127. The van der Waals surface area contributed by atoms with Crippen LogP contribution in [0.2, 0.25) is 0 Å². The predicted molar refractivity (Wildman–Crippen MR) is 150 cm³/mol. The van der Waals surface area contributed by atoms with Crippen molar-refractivity contribution in [1.82, 2.24) is 10.3 Å². The van der Waals surface area contributed by atoms with Crippen LogP contribution in [0.4, 0.5) is 21.9 Å². The van der Waals surface area contributed by atoms with Gasteiger partial charge in [-0.1, -0.05) is 51.1 Å². The molecule has 2 N–H and O–H groups in total. The molecule has 0 bridgehead atoms. The third-order valence-corrected chi connectivity index (χ3v) is 6.14. The Kier molecular flexibility index (Phi) is 7.57. The van der Waals surface area contributed by atoms with Crippen LogP contribution in [-0.2, 0) is 9.59 Å². The van der Waals surface area contributed by atoms with Crippen molar-refractivity contribution in [2.45, 2.75) is 26.9 Å². The second-order valence-corrected chi connectivity index (χ2v) is 10.3. The molecule has 0 unspecified atom stereocenters. The Labute approximate surface area is 222 Å². The average molecular weight is 513 g/mol. The number of anilines is 3. The third kappa shape index (κ3) is 5.88. The quantitative estimate of drug-likeness (QED) is 0.517.